The molecule has 14 nitrogen and oxygen atoms in total. The minimum atomic E-state index is -1.20. The van der Waals surface area contributed by atoms with Crippen molar-refractivity contribution < 1.29 is 29.0 Å². The number of nitrogens with one attached hydrogen (secondary N) is 2. The van der Waals surface area contributed by atoms with Gasteiger partial charge in [-0.05, 0) is 43.2 Å². The molecule has 0 bridgehead atoms. The normalized spacial score (nSPS) is 10.6. The molecule has 0 heterocycles. The Morgan fingerprint density at radius 3 is 2.04 bits per heavy atom. The summed E-state index contributed by atoms with van der Waals surface area (Å²) < 4.78 is 9.64. The third-order valence-electron chi connectivity index (χ3n) is 3.18. The van der Waals surface area contributed by atoms with Gasteiger partial charge in [0.2, 0.25) is 0 Å². The van der Waals surface area contributed by atoms with E-state index in [2.05, 4.69) is 30.7 Å². The van der Waals surface area contributed by atoms with Gasteiger partial charge in [-0.1, -0.05) is 10.2 Å². The fraction of sp³-hybridized carbons (Fsp3) is 0.786. The number of amides is 2. The van der Waals surface area contributed by atoms with Crippen LogP contribution in [0.25, 0.3) is 20.9 Å². The van der Waals surface area contributed by atoms with Gasteiger partial charge in [-0.15, -0.1) is 0 Å². The number of nitrogens with zero attached hydrogens (tertiary/aromatic N) is 6. The number of carboxylic acid groups (broad SMARTS) is 1. The van der Waals surface area contributed by atoms with Crippen LogP contribution < -0.4 is 10.6 Å². The van der Waals surface area contributed by atoms with Crippen LogP contribution >= 0.6 is 0 Å². The molecule has 3 N–H and O–H groups in total. The maximum Gasteiger partial charge on any atom is 0.407 e. The van der Waals surface area contributed by atoms with Gasteiger partial charge in [0.1, 0.15) is 6.04 Å². The molecule has 156 valence electrons. The molecule has 0 aliphatic heterocycles. The van der Waals surface area contributed by atoms with E-state index in [0.29, 0.717) is 25.7 Å². The monoisotopic (exact) mass is 400 g/mol. The van der Waals surface area contributed by atoms with Crippen molar-refractivity contribution in [3.05, 3.63) is 20.9 Å². The van der Waals surface area contributed by atoms with Gasteiger partial charge in [0.15, 0.2) is 0 Å². The first-order valence-corrected chi connectivity index (χ1v) is 8.59. The van der Waals surface area contributed by atoms with E-state index < -0.39 is 24.2 Å². The van der Waals surface area contributed by atoms with E-state index in [1.54, 1.807) is 0 Å². The van der Waals surface area contributed by atoms with E-state index in [-0.39, 0.29) is 39.3 Å². The molecular weight excluding hydrogens is 376 g/mol. The van der Waals surface area contributed by atoms with Crippen LogP contribution in [-0.2, 0) is 14.3 Å². The summed E-state index contributed by atoms with van der Waals surface area (Å²) in [6.07, 6.45) is 0.361. The maximum atomic E-state index is 11.5. The van der Waals surface area contributed by atoms with Crippen LogP contribution in [-0.4, -0.2) is 62.2 Å². The SMILES string of the molecule is [N-]=[N+]=NCCCOC(=O)NCCCCC(NC(=O)OCCCN=[N+]=[N-])C(=O)O. The first-order valence-electron chi connectivity index (χ1n) is 8.59. The predicted octanol–water partition coefficient (Wildman–Crippen LogP) is 2.46. The number of azide groups is 2. The molecule has 0 rings (SSSR count). The molecule has 2 amide bonds. The maximum absolute atomic E-state index is 11.5. The summed E-state index contributed by atoms with van der Waals surface area (Å²) in [6.45, 7) is 0.831. The predicted molar refractivity (Wildman–Crippen MR) is 96.4 cm³/mol. The molecule has 0 aromatic carbocycles. The number of carbonyl (C=O) groups is 3. The Morgan fingerprint density at radius 2 is 1.50 bits per heavy atom. The number of ether oxygens (including phenoxy) is 2. The smallest absolute Gasteiger partial charge is 0.407 e. The summed E-state index contributed by atoms with van der Waals surface area (Å²) in [5.74, 6) is -1.20. The summed E-state index contributed by atoms with van der Waals surface area (Å²) >= 11 is 0. The van der Waals surface area contributed by atoms with Gasteiger partial charge in [-0.3, -0.25) is 0 Å². The average Bonchev–Trinajstić information content (AvgIpc) is 2.66. The van der Waals surface area contributed by atoms with E-state index in [4.69, 9.17) is 25.6 Å². The van der Waals surface area contributed by atoms with Crippen molar-refractivity contribution in [2.75, 3.05) is 32.8 Å². The molecule has 0 saturated carbocycles. The number of unbranched alkanes of at least 4 members (excludes halogenated alkanes) is 1. The summed E-state index contributed by atoms with van der Waals surface area (Å²) in [6, 6.07) is -1.11. The molecule has 0 aromatic heterocycles. The lowest BCUT2D eigenvalue weighted by atomic mass is 10.1. The molecule has 0 saturated heterocycles. The first kappa shape index (κ1) is 24.6. The summed E-state index contributed by atoms with van der Waals surface area (Å²) in [5.41, 5.74) is 16.2. The van der Waals surface area contributed by atoms with Crippen molar-refractivity contribution in [2.45, 2.75) is 38.1 Å². The third-order valence-corrected chi connectivity index (χ3v) is 3.18. The second-order valence-electron chi connectivity index (χ2n) is 5.35. The van der Waals surface area contributed by atoms with Gasteiger partial charge in [-0.25, -0.2) is 14.4 Å². The number of hydrogen-bond donors (Lipinski definition) is 3. The van der Waals surface area contributed by atoms with Crippen LogP contribution in [0.1, 0.15) is 32.1 Å². The molecule has 0 aliphatic rings. The fourth-order valence-electron chi connectivity index (χ4n) is 1.85. The van der Waals surface area contributed by atoms with Crippen molar-refractivity contribution in [3.63, 3.8) is 0 Å². The Kier molecular flexibility index (Phi) is 15.0. The molecule has 1 atom stereocenters. The highest BCUT2D eigenvalue weighted by Crippen LogP contribution is 2.02. The molecule has 0 aliphatic carbocycles. The molecule has 14 heteroatoms. The average molecular weight is 400 g/mol. The Bertz CT molecular complexity index is 588. The lowest BCUT2D eigenvalue weighted by molar-refractivity contribution is -0.139. The Hall–Kier alpha value is -3.37. The largest absolute Gasteiger partial charge is 0.480 e. The van der Waals surface area contributed by atoms with Gasteiger partial charge in [-0.2, -0.15) is 0 Å². The van der Waals surface area contributed by atoms with Crippen molar-refractivity contribution in [2.24, 2.45) is 10.2 Å². The van der Waals surface area contributed by atoms with Crippen LogP contribution in [0, 0.1) is 0 Å². The summed E-state index contributed by atoms with van der Waals surface area (Å²) in [5, 5.41) is 20.4. The van der Waals surface area contributed by atoms with Crippen molar-refractivity contribution in [1.29, 1.82) is 0 Å². The number of carboxylic acids is 1. The van der Waals surface area contributed by atoms with Gasteiger partial charge in [0, 0.05) is 29.5 Å². The number of alkyl carbamates (subject to hydrolysis) is 2. The number of hydrogen-bond acceptors (Lipinski definition) is 7. The van der Waals surface area contributed by atoms with E-state index in [1.807, 2.05) is 0 Å². The van der Waals surface area contributed by atoms with Gasteiger partial charge < -0.3 is 25.2 Å². The van der Waals surface area contributed by atoms with Crippen LogP contribution in [0.5, 0.6) is 0 Å². The minimum absolute atomic E-state index is 0.00604. The van der Waals surface area contributed by atoms with Crippen molar-refractivity contribution in [3.8, 4) is 0 Å². The quantitative estimate of drug-likeness (QED) is 0.162. The standard InChI is InChI=1S/C14H24N8O6/c15-21-18-7-3-9-27-13(25)17-6-2-1-5-11(12(23)24)20-14(26)28-10-4-8-19-22-16/h11H,1-10H2,(H,17,25)(H,20,26)(H,23,24). The second-order valence-corrected chi connectivity index (χ2v) is 5.35. The van der Waals surface area contributed by atoms with E-state index in [1.165, 1.54) is 0 Å². The highest BCUT2D eigenvalue weighted by molar-refractivity contribution is 5.79. The third kappa shape index (κ3) is 14.9. The first-order chi connectivity index (χ1) is 13.5. The van der Waals surface area contributed by atoms with Gasteiger partial charge in [0.05, 0.1) is 13.2 Å². The zero-order valence-electron chi connectivity index (χ0n) is 15.3. The Balaban J connectivity index is 3.87. The Labute approximate surface area is 160 Å². The molecule has 28 heavy (non-hydrogen) atoms. The highest BCUT2D eigenvalue weighted by Gasteiger charge is 2.20. The highest BCUT2D eigenvalue weighted by atomic mass is 16.6. The molecule has 0 radical (unpaired) electrons. The van der Waals surface area contributed by atoms with E-state index >= 15 is 0 Å². The van der Waals surface area contributed by atoms with Crippen LogP contribution in [0.3, 0.4) is 0 Å². The Morgan fingerprint density at radius 1 is 0.929 bits per heavy atom. The summed E-state index contributed by atoms with van der Waals surface area (Å²) in [4.78, 5) is 39.2. The summed E-state index contributed by atoms with van der Waals surface area (Å²) in [7, 11) is 0. The van der Waals surface area contributed by atoms with Crippen molar-refractivity contribution in [1.82, 2.24) is 10.6 Å². The number of rotatable bonds is 15. The van der Waals surface area contributed by atoms with Crippen LogP contribution in [0.4, 0.5) is 9.59 Å². The van der Waals surface area contributed by atoms with Crippen LogP contribution in [0.2, 0.25) is 0 Å². The zero-order valence-corrected chi connectivity index (χ0v) is 15.3. The lowest BCUT2D eigenvalue weighted by Crippen LogP contribution is -2.41. The number of carbonyl (C=O) groups excluding carboxylic acids is 2. The second kappa shape index (κ2) is 17.1. The number of aliphatic carboxylic acids is 1. The molecule has 1 unspecified atom stereocenters. The fourth-order valence-corrected chi connectivity index (χ4v) is 1.85. The zero-order chi connectivity index (χ0) is 21.0. The molecule has 0 spiro atoms. The van der Waals surface area contributed by atoms with E-state index in [0.717, 1.165) is 0 Å². The minimum Gasteiger partial charge on any atom is -0.480 e. The van der Waals surface area contributed by atoms with E-state index in [9.17, 15) is 14.4 Å². The van der Waals surface area contributed by atoms with Gasteiger partial charge in [0.25, 0.3) is 0 Å². The molecule has 0 fully saturated rings. The lowest BCUT2D eigenvalue weighted by Gasteiger charge is -2.14. The van der Waals surface area contributed by atoms with Crippen molar-refractivity contribution >= 4 is 18.2 Å². The van der Waals surface area contributed by atoms with Gasteiger partial charge >= 0.3 is 18.2 Å². The molecule has 0 aromatic rings. The topological polar surface area (TPSA) is 211 Å². The van der Waals surface area contributed by atoms with Crippen LogP contribution in [0.15, 0.2) is 10.2 Å². The molecular formula is C14H24N8O6.